The van der Waals surface area contributed by atoms with Gasteiger partial charge in [0.2, 0.25) is 0 Å². The van der Waals surface area contributed by atoms with E-state index in [4.69, 9.17) is 4.42 Å². The van der Waals surface area contributed by atoms with Crippen molar-refractivity contribution >= 4 is 28.0 Å². The van der Waals surface area contributed by atoms with Gasteiger partial charge in [0.25, 0.3) is 0 Å². The molecule has 0 saturated carbocycles. The van der Waals surface area contributed by atoms with Gasteiger partial charge in [0, 0.05) is 28.9 Å². The lowest BCUT2D eigenvalue weighted by Crippen LogP contribution is -2.28. The molecule has 12 rings (SSSR count). The number of nitrogens with zero attached hydrogens (tertiary/aromatic N) is 2. The van der Waals surface area contributed by atoms with Gasteiger partial charge in [-0.15, -0.1) is 0 Å². The van der Waals surface area contributed by atoms with E-state index in [9.17, 15) is 0 Å². The van der Waals surface area contributed by atoms with E-state index in [1.54, 1.807) is 0 Å². The fraction of sp³-hybridized carbons (Fsp3) is 0.0351. The average Bonchev–Trinajstić information content (AvgIpc) is 4.02. The SMILES string of the molecule is c1ccc(C2(c3ccccc3)c3ccccc3-c3c(N(c4cccc5c4-c4ccccc4C5(c4ccccc4)c4ccncc4)c4cccc5ccoc45)cccc32)cc1. The van der Waals surface area contributed by atoms with Gasteiger partial charge in [-0.2, -0.15) is 0 Å². The third-order valence-electron chi connectivity index (χ3n) is 13.0. The largest absolute Gasteiger partial charge is 0.462 e. The minimum absolute atomic E-state index is 0.554. The lowest BCUT2D eigenvalue weighted by molar-refractivity contribution is 0.616. The molecule has 60 heavy (non-hydrogen) atoms. The van der Waals surface area contributed by atoms with Crippen molar-refractivity contribution in [2.75, 3.05) is 4.90 Å². The molecule has 0 bridgehead atoms. The molecule has 0 radical (unpaired) electrons. The minimum atomic E-state index is -0.588. The Labute approximate surface area is 349 Å². The van der Waals surface area contributed by atoms with Gasteiger partial charge in [0.05, 0.1) is 34.2 Å². The summed E-state index contributed by atoms with van der Waals surface area (Å²) >= 11 is 0. The molecule has 2 heterocycles. The molecule has 2 aliphatic carbocycles. The zero-order chi connectivity index (χ0) is 39.7. The molecule has 282 valence electrons. The topological polar surface area (TPSA) is 29.3 Å². The van der Waals surface area contributed by atoms with Crippen molar-refractivity contribution in [3.63, 3.8) is 0 Å². The molecular weight excluding hydrogens is 729 g/mol. The van der Waals surface area contributed by atoms with E-state index in [0.29, 0.717) is 0 Å². The molecule has 8 aromatic carbocycles. The zero-order valence-electron chi connectivity index (χ0n) is 32.7. The van der Waals surface area contributed by atoms with Crippen molar-refractivity contribution in [2.45, 2.75) is 10.8 Å². The van der Waals surface area contributed by atoms with Crippen LogP contribution >= 0.6 is 0 Å². The van der Waals surface area contributed by atoms with Crippen LogP contribution in [0.2, 0.25) is 0 Å². The number of hydrogen-bond acceptors (Lipinski definition) is 3. The summed E-state index contributed by atoms with van der Waals surface area (Å²) < 4.78 is 6.46. The molecule has 2 aromatic heterocycles. The van der Waals surface area contributed by atoms with E-state index in [-0.39, 0.29) is 0 Å². The summed E-state index contributed by atoms with van der Waals surface area (Å²) in [6.07, 6.45) is 5.65. The number of furan rings is 1. The maximum Gasteiger partial charge on any atom is 0.157 e. The molecule has 0 spiro atoms. The van der Waals surface area contributed by atoms with Crippen LogP contribution in [0.25, 0.3) is 33.2 Å². The number of rotatable bonds is 7. The quantitative estimate of drug-likeness (QED) is 0.162. The summed E-state index contributed by atoms with van der Waals surface area (Å²) in [5, 5.41) is 1.05. The second-order valence-corrected chi connectivity index (χ2v) is 15.8. The van der Waals surface area contributed by atoms with Gasteiger partial charge in [-0.3, -0.25) is 4.98 Å². The minimum Gasteiger partial charge on any atom is -0.462 e. The summed E-state index contributed by atoms with van der Waals surface area (Å²) in [5.74, 6) is 0. The van der Waals surface area contributed by atoms with E-state index < -0.39 is 10.8 Å². The van der Waals surface area contributed by atoms with Crippen LogP contribution in [0.3, 0.4) is 0 Å². The van der Waals surface area contributed by atoms with Gasteiger partial charge in [-0.25, -0.2) is 0 Å². The molecular formula is C57H38N2O. The van der Waals surface area contributed by atoms with Crippen LogP contribution in [0.15, 0.2) is 235 Å². The van der Waals surface area contributed by atoms with Crippen LogP contribution in [-0.2, 0) is 10.8 Å². The van der Waals surface area contributed by atoms with Crippen molar-refractivity contribution in [2.24, 2.45) is 0 Å². The summed E-state index contributed by atoms with van der Waals surface area (Å²) in [5.41, 5.74) is 17.5. The highest BCUT2D eigenvalue weighted by Gasteiger charge is 2.50. The molecule has 0 N–H and O–H groups in total. The number of pyridine rings is 1. The number of benzene rings is 8. The summed E-state index contributed by atoms with van der Waals surface area (Å²) in [7, 11) is 0. The standard InChI is InChI=1S/C57H38N2O/c1-4-18-40(19-5-1)56(41-20-6-2-7-21-41)46-26-12-10-24-44(46)53-48(56)28-15-30-50(53)59(52-32-14-17-39-35-38-60-55(39)52)51-31-16-29-49-54(51)45-25-11-13-27-47(45)57(49,42-22-8-3-9-23-42)43-33-36-58-37-34-43/h1-38H. The number of anilines is 3. The molecule has 3 nitrogen and oxygen atoms in total. The molecule has 0 aliphatic heterocycles. The highest BCUT2D eigenvalue weighted by atomic mass is 16.3. The van der Waals surface area contributed by atoms with E-state index in [1.807, 2.05) is 18.7 Å². The van der Waals surface area contributed by atoms with Crippen molar-refractivity contribution < 1.29 is 4.42 Å². The average molecular weight is 767 g/mol. The molecule has 0 saturated heterocycles. The van der Waals surface area contributed by atoms with E-state index in [2.05, 4.69) is 222 Å². The lowest BCUT2D eigenvalue weighted by Gasteiger charge is -2.35. The van der Waals surface area contributed by atoms with E-state index in [0.717, 1.165) is 28.0 Å². The van der Waals surface area contributed by atoms with Gasteiger partial charge < -0.3 is 9.32 Å². The van der Waals surface area contributed by atoms with E-state index in [1.165, 1.54) is 66.8 Å². The Morgan fingerprint density at radius 3 is 1.28 bits per heavy atom. The van der Waals surface area contributed by atoms with Gasteiger partial charge >= 0.3 is 0 Å². The number of para-hydroxylation sites is 1. The van der Waals surface area contributed by atoms with Crippen LogP contribution in [0.5, 0.6) is 0 Å². The Morgan fingerprint density at radius 1 is 0.350 bits per heavy atom. The first-order valence-corrected chi connectivity index (χ1v) is 20.6. The third-order valence-corrected chi connectivity index (χ3v) is 13.0. The highest BCUT2D eigenvalue weighted by Crippen LogP contribution is 2.63. The maximum atomic E-state index is 6.46. The van der Waals surface area contributed by atoms with Gasteiger partial charge in [0.15, 0.2) is 5.58 Å². The molecule has 10 aromatic rings. The number of fused-ring (bicyclic) bond motifs is 7. The van der Waals surface area contributed by atoms with Crippen molar-refractivity contribution in [3.05, 3.63) is 275 Å². The molecule has 0 fully saturated rings. The van der Waals surface area contributed by atoms with Crippen LogP contribution in [0.4, 0.5) is 17.1 Å². The Morgan fingerprint density at radius 2 is 0.767 bits per heavy atom. The normalized spacial score (nSPS) is 15.5. The summed E-state index contributed by atoms with van der Waals surface area (Å²) in [6.45, 7) is 0. The van der Waals surface area contributed by atoms with Crippen molar-refractivity contribution in [1.82, 2.24) is 4.98 Å². The molecule has 0 amide bonds. The summed E-state index contributed by atoms with van der Waals surface area (Å²) in [6, 6.07) is 77.7. The fourth-order valence-electron chi connectivity index (χ4n) is 10.8. The zero-order valence-corrected chi connectivity index (χ0v) is 32.7. The monoisotopic (exact) mass is 766 g/mol. The maximum absolute atomic E-state index is 6.46. The third kappa shape index (κ3) is 4.63. The Kier molecular flexibility index (Phi) is 7.66. The van der Waals surface area contributed by atoms with Crippen LogP contribution in [0.1, 0.15) is 44.5 Å². The lowest BCUT2D eigenvalue weighted by atomic mass is 9.67. The van der Waals surface area contributed by atoms with Crippen molar-refractivity contribution in [1.29, 1.82) is 0 Å². The van der Waals surface area contributed by atoms with Gasteiger partial charge in [-0.1, -0.05) is 176 Å². The second-order valence-electron chi connectivity index (χ2n) is 15.8. The predicted molar refractivity (Wildman–Crippen MR) is 243 cm³/mol. The number of aromatic nitrogens is 1. The number of hydrogen-bond donors (Lipinski definition) is 0. The predicted octanol–water partition coefficient (Wildman–Crippen LogP) is 14.0. The summed E-state index contributed by atoms with van der Waals surface area (Å²) in [4.78, 5) is 6.97. The first-order valence-electron chi connectivity index (χ1n) is 20.6. The first-order chi connectivity index (χ1) is 29.8. The Hall–Kier alpha value is -7.75. The van der Waals surface area contributed by atoms with Crippen LogP contribution < -0.4 is 4.90 Å². The molecule has 1 unspecified atom stereocenters. The van der Waals surface area contributed by atoms with Gasteiger partial charge in [0.1, 0.15) is 0 Å². The smallest absolute Gasteiger partial charge is 0.157 e. The van der Waals surface area contributed by atoms with Crippen LogP contribution in [-0.4, -0.2) is 4.98 Å². The molecule has 2 aliphatic rings. The Bertz CT molecular complexity index is 2950. The fourth-order valence-corrected chi connectivity index (χ4v) is 10.8. The molecule has 3 heteroatoms. The second kappa shape index (κ2) is 13.4. The van der Waals surface area contributed by atoms with Crippen molar-refractivity contribution in [3.8, 4) is 22.3 Å². The van der Waals surface area contributed by atoms with E-state index >= 15 is 0 Å². The van der Waals surface area contributed by atoms with Gasteiger partial charge in [-0.05, 0) is 92.0 Å². The highest BCUT2D eigenvalue weighted by molar-refractivity contribution is 6.05. The Balaban J connectivity index is 1.22. The molecule has 1 atom stereocenters. The first kappa shape index (κ1) is 34.3. The van der Waals surface area contributed by atoms with Crippen LogP contribution in [0, 0.1) is 0 Å².